The van der Waals surface area contributed by atoms with Crippen LogP contribution in [0.5, 0.6) is 0 Å². The van der Waals surface area contributed by atoms with Crippen molar-refractivity contribution in [2.24, 2.45) is 15.7 Å². The number of pyridine rings is 1. The minimum absolute atomic E-state index is 0.226. The molecule has 1 aromatic rings. The molecule has 23 heavy (non-hydrogen) atoms. The van der Waals surface area contributed by atoms with E-state index in [9.17, 15) is 0 Å². The van der Waals surface area contributed by atoms with Crippen LogP contribution in [0.2, 0.25) is 0 Å². The summed E-state index contributed by atoms with van der Waals surface area (Å²) in [6, 6.07) is 4.30. The second-order valence-electron chi connectivity index (χ2n) is 5.66. The fraction of sp³-hybridized carbons (Fsp3) is 0.500. The Morgan fingerprint density at radius 3 is 2.87 bits per heavy atom. The number of rotatable bonds is 10. The van der Waals surface area contributed by atoms with E-state index in [4.69, 9.17) is 5.73 Å². The van der Waals surface area contributed by atoms with Crippen LogP contribution in [0.1, 0.15) is 37.9 Å². The first-order valence-electron chi connectivity index (χ1n) is 8.10. The molecule has 0 fully saturated rings. The first-order chi connectivity index (χ1) is 11.1. The van der Waals surface area contributed by atoms with Crippen molar-refractivity contribution in [3.63, 3.8) is 0 Å². The van der Waals surface area contributed by atoms with Gasteiger partial charge in [0.15, 0.2) is 0 Å². The highest BCUT2D eigenvalue weighted by Gasteiger charge is 2.17. The van der Waals surface area contributed by atoms with Crippen molar-refractivity contribution in [2.45, 2.75) is 46.2 Å². The van der Waals surface area contributed by atoms with Gasteiger partial charge in [-0.2, -0.15) is 0 Å². The molecule has 1 atom stereocenters. The van der Waals surface area contributed by atoms with E-state index < -0.39 is 0 Å². The minimum atomic E-state index is 0.226. The fourth-order valence-electron chi connectivity index (χ4n) is 2.32. The van der Waals surface area contributed by atoms with E-state index in [1.165, 1.54) is 5.56 Å². The molecule has 126 valence electrons. The Hall–Kier alpha value is -1.85. The summed E-state index contributed by atoms with van der Waals surface area (Å²) in [7, 11) is 0. The number of aryl methyl sites for hydroxylation is 1. The second-order valence-corrected chi connectivity index (χ2v) is 5.66. The van der Waals surface area contributed by atoms with E-state index in [-0.39, 0.29) is 6.04 Å². The van der Waals surface area contributed by atoms with Gasteiger partial charge in [0.05, 0.1) is 5.69 Å². The fourth-order valence-corrected chi connectivity index (χ4v) is 2.32. The van der Waals surface area contributed by atoms with Gasteiger partial charge in [0, 0.05) is 36.9 Å². The maximum Gasteiger partial charge on any atom is 0.0573 e. The van der Waals surface area contributed by atoms with Gasteiger partial charge in [-0.3, -0.25) is 19.9 Å². The van der Waals surface area contributed by atoms with Crippen molar-refractivity contribution in [1.82, 2.24) is 9.88 Å². The molecule has 0 bridgehead atoms. The Morgan fingerprint density at radius 1 is 1.43 bits per heavy atom. The van der Waals surface area contributed by atoms with Crippen LogP contribution in [0.4, 0.5) is 0 Å². The number of unbranched alkanes of at least 4 members (excludes halogenated alkanes) is 1. The largest absolute Gasteiger partial charge is 0.330 e. The zero-order valence-electron chi connectivity index (χ0n) is 14.6. The number of hydrogen-bond acceptors (Lipinski definition) is 5. The lowest BCUT2D eigenvalue weighted by Crippen LogP contribution is -2.38. The van der Waals surface area contributed by atoms with Gasteiger partial charge in [0.25, 0.3) is 0 Å². The molecule has 0 amide bonds. The minimum Gasteiger partial charge on any atom is -0.330 e. The van der Waals surface area contributed by atoms with E-state index in [0.717, 1.165) is 43.9 Å². The molecule has 0 aliphatic carbocycles. The Labute approximate surface area is 140 Å². The topological polar surface area (TPSA) is 66.9 Å². The maximum atomic E-state index is 5.63. The van der Waals surface area contributed by atoms with Crippen molar-refractivity contribution in [2.75, 3.05) is 13.1 Å². The van der Waals surface area contributed by atoms with Gasteiger partial charge in [0.1, 0.15) is 0 Å². The highest BCUT2D eigenvalue weighted by atomic mass is 15.2. The van der Waals surface area contributed by atoms with Gasteiger partial charge < -0.3 is 5.73 Å². The van der Waals surface area contributed by atoms with Gasteiger partial charge in [-0.15, -0.1) is 0 Å². The van der Waals surface area contributed by atoms with Gasteiger partial charge in [-0.05, 0) is 65.0 Å². The average molecular weight is 315 g/mol. The lowest BCUT2D eigenvalue weighted by molar-refractivity contribution is 0.236. The van der Waals surface area contributed by atoms with Crippen LogP contribution < -0.4 is 5.73 Å². The zero-order chi connectivity index (χ0) is 17.1. The summed E-state index contributed by atoms with van der Waals surface area (Å²) < 4.78 is 0. The third-order valence-electron chi connectivity index (χ3n) is 3.97. The van der Waals surface area contributed by atoms with Crippen LogP contribution in [0, 0.1) is 6.92 Å². The molecule has 2 N–H and O–H groups in total. The average Bonchev–Trinajstić information content (AvgIpc) is 2.55. The third kappa shape index (κ3) is 6.84. The molecule has 0 saturated carbocycles. The van der Waals surface area contributed by atoms with Crippen LogP contribution in [0.25, 0.3) is 0 Å². The van der Waals surface area contributed by atoms with E-state index in [1.807, 2.05) is 19.2 Å². The standard InChI is InChI=1S/C18H29N5/c1-15-8-7-10-22-18(15)14-23(13-6-5-9-19)17(3)16(2)21-12-11-20-4/h7-8,10-12,17H,4-6,9,13-14,19H2,1-3H3/b12-11-,21-16+. The number of aliphatic imine (C=N–C) groups is 2. The smallest absolute Gasteiger partial charge is 0.0573 e. The van der Waals surface area contributed by atoms with Crippen LogP contribution in [-0.2, 0) is 6.54 Å². The zero-order valence-corrected chi connectivity index (χ0v) is 14.6. The van der Waals surface area contributed by atoms with Crippen molar-refractivity contribution in [3.05, 3.63) is 42.0 Å². The van der Waals surface area contributed by atoms with Crippen molar-refractivity contribution in [1.29, 1.82) is 0 Å². The summed E-state index contributed by atoms with van der Waals surface area (Å²) in [5.74, 6) is 0. The summed E-state index contributed by atoms with van der Waals surface area (Å²) in [4.78, 5) is 15.0. The van der Waals surface area contributed by atoms with Gasteiger partial charge in [-0.1, -0.05) is 6.07 Å². The SMILES string of the molecule is C=N/C=C\N=C(/C)C(C)N(CCCCN)Cc1ncccc1C. The molecule has 1 rings (SSSR count). The lowest BCUT2D eigenvalue weighted by atomic mass is 10.1. The molecule has 0 aromatic carbocycles. The summed E-state index contributed by atoms with van der Waals surface area (Å²) in [5.41, 5.74) is 9.01. The van der Waals surface area contributed by atoms with E-state index in [2.05, 4.69) is 46.5 Å². The second kappa shape index (κ2) is 10.8. The highest BCUT2D eigenvalue weighted by molar-refractivity contribution is 5.87. The summed E-state index contributed by atoms with van der Waals surface area (Å²) in [6.45, 7) is 12.3. The van der Waals surface area contributed by atoms with Gasteiger partial charge in [-0.25, -0.2) is 0 Å². The molecule has 5 nitrogen and oxygen atoms in total. The Bertz CT molecular complexity index is 536. The van der Waals surface area contributed by atoms with E-state index in [0.29, 0.717) is 0 Å². The van der Waals surface area contributed by atoms with Gasteiger partial charge >= 0.3 is 0 Å². The Kier molecular flexibility index (Phi) is 9.02. The van der Waals surface area contributed by atoms with E-state index >= 15 is 0 Å². The van der Waals surface area contributed by atoms with Crippen LogP contribution >= 0.6 is 0 Å². The van der Waals surface area contributed by atoms with Crippen LogP contribution in [-0.4, -0.2) is 41.4 Å². The molecular formula is C18H29N5. The molecule has 0 aliphatic heterocycles. The predicted octanol–water partition coefficient (Wildman–Crippen LogP) is 2.95. The van der Waals surface area contributed by atoms with E-state index in [1.54, 1.807) is 12.4 Å². The monoisotopic (exact) mass is 315 g/mol. The summed E-state index contributed by atoms with van der Waals surface area (Å²) in [6.07, 6.45) is 7.23. The first kappa shape index (κ1) is 19.2. The van der Waals surface area contributed by atoms with Crippen LogP contribution in [0.15, 0.2) is 40.7 Å². The molecule has 0 aliphatic rings. The molecule has 5 heteroatoms. The summed E-state index contributed by atoms with van der Waals surface area (Å²) in [5, 5.41) is 0. The third-order valence-corrected chi connectivity index (χ3v) is 3.97. The number of nitrogens with two attached hydrogens (primary N) is 1. The van der Waals surface area contributed by atoms with Crippen molar-refractivity contribution < 1.29 is 0 Å². The number of aromatic nitrogens is 1. The molecular weight excluding hydrogens is 286 g/mol. The molecule has 1 heterocycles. The number of nitrogens with zero attached hydrogens (tertiary/aromatic N) is 4. The highest BCUT2D eigenvalue weighted by Crippen LogP contribution is 2.12. The number of hydrogen-bond donors (Lipinski definition) is 1. The van der Waals surface area contributed by atoms with Crippen LogP contribution in [0.3, 0.4) is 0 Å². The van der Waals surface area contributed by atoms with Crippen molar-refractivity contribution >= 4 is 12.4 Å². The molecule has 0 radical (unpaired) electrons. The van der Waals surface area contributed by atoms with Crippen molar-refractivity contribution in [3.8, 4) is 0 Å². The Balaban J connectivity index is 2.86. The quantitative estimate of drug-likeness (QED) is 0.533. The Morgan fingerprint density at radius 2 is 2.22 bits per heavy atom. The molecule has 1 aromatic heterocycles. The molecule has 0 saturated heterocycles. The first-order valence-corrected chi connectivity index (χ1v) is 8.10. The molecule has 1 unspecified atom stereocenters. The lowest BCUT2D eigenvalue weighted by Gasteiger charge is -2.29. The normalized spacial score (nSPS) is 13.7. The summed E-state index contributed by atoms with van der Waals surface area (Å²) >= 11 is 0. The predicted molar refractivity (Wildman–Crippen MR) is 98.9 cm³/mol. The van der Waals surface area contributed by atoms with Gasteiger partial charge in [0.2, 0.25) is 0 Å². The maximum absolute atomic E-state index is 5.63. The molecule has 0 spiro atoms.